The van der Waals surface area contributed by atoms with Crippen LogP contribution in [0.4, 0.5) is 20.2 Å². The molecule has 1 rings (SSSR count). The third-order valence-corrected chi connectivity index (χ3v) is 2.57. The Morgan fingerprint density at radius 3 is 2.16 bits per heavy atom. The minimum atomic E-state index is -1.81. The first kappa shape index (κ1) is 15.2. The number of nitro groups is 1. The van der Waals surface area contributed by atoms with Gasteiger partial charge in [-0.25, -0.2) is 8.78 Å². The first-order valence-corrected chi connectivity index (χ1v) is 5.14. The maximum absolute atomic E-state index is 13.6. The number of hydrogen-bond donors (Lipinski definition) is 4. The molecule has 1 aromatic carbocycles. The van der Waals surface area contributed by atoms with Crippen LogP contribution < -0.4 is 5.32 Å². The van der Waals surface area contributed by atoms with E-state index in [-0.39, 0.29) is 0 Å². The van der Waals surface area contributed by atoms with Gasteiger partial charge in [-0.2, -0.15) is 0 Å². The molecule has 0 aromatic heterocycles. The van der Waals surface area contributed by atoms with Crippen LogP contribution in [0, 0.1) is 21.7 Å². The van der Waals surface area contributed by atoms with Crippen LogP contribution in [0.5, 0.6) is 0 Å². The van der Waals surface area contributed by atoms with E-state index in [1.54, 1.807) is 0 Å². The molecule has 9 heteroatoms. The fourth-order valence-corrected chi connectivity index (χ4v) is 1.35. The standard InChI is InChI=1S/C10H12F2N2O5/c11-6-1-2-7(14(18)19)9(8(6)12)13-10(3-15,4-16)5-17/h1-2,13,15-17H,3-5H2. The van der Waals surface area contributed by atoms with Crippen LogP contribution in [-0.4, -0.2) is 45.6 Å². The second-order valence-electron chi connectivity index (χ2n) is 3.89. The zero-order chi connectivity index (χ0) is 14.6. The van der Waals surface area contributed by atoms with Crippen LogP contribution >= 0.6 is 0 Å². The molecule has 0 spiro atoms. The number of halogens is 2. The molecule has 0 amide bonds. The molecule has 0 saturated heterocycles. The summed E-state index contributed by atoms with van der Waals surface area (Å²) in [6.45, 7) is -2.52. The topological polar surface area (TPSA) is 116 Å². The molecule has 4 N–H and O–H groups in total. The Morgan fingerprint density at radius 2 is 1.74 bits per heavy atom. The van der Waals surface area contributed by atoms with Gasteiger partial charge in [-0.3, -0.25) is 10.1 Å². The number of rotatable bonds is 6. The third kappa shape index (κ3) is 2.95. The van der Waals surface area contributed by atoms with Gasteiger partial charge in [-0.1, -0.05) is 0 Å². The van der Waals surface area contributed by atoms with Crippen LogP contribution in [0.25, 0.3) is 0 Å². The fraction of sp³-hybridized carbons (Fsp3) is 0.400. The lowest BCUT2D eigenvalue weighted by atomic mass is 10.0. The van der Waals surface area contributed by atoms with Crippen molar-refractivity contribution in [1.29, 1.82) is 0 Å². The van der Waals surface area contributed by atoms with E-state index in [2.05, 4.69) is 5.32 Å². The number of aliphatic hydroxyl groups excluding tert-OH is 3. The van der Waals surface area contributed by atoms with Gasteiger partial charge in [-0.05, 0) is 6.07 Å². The van der Waals surface area contributed by atoms with Crippen LogP contribution in [0.15, 0.2) is 12.1 Å². The van der Waals surface area contributed by atoms with E-state index in [1.807, 2.05) is 0 Å². The quantitative estimate of drug-likeness (QED) is 0.430. The summed E-state index contributed by atoms with van der Waals surface area (Å²) in [6.07, 6.45) is 0. The SMILES string of the molecule is O=[N+]([O-])c1ccc(F)c(F)c1NC(CO)(CO)CO. The monoisotopic (exact) mass is 278 g/mol. The second kappa shape index (κ2) is 5.87. The number of nitrogens with zero attached hydrogens (tertiary/aromatic N) is 1. The summed E-state index contributed by atoms with van der Waals surface area (Å²) >= 11 is 0. The van der Waals surface area contributed by atoms with E-state index < -0.39 is 53.3 Å². The molecule has 106 valence electrons. The second-order valence-corrected chi connectivity index (χ2v) is 3.89. The Bertz CT molecular complexity index is 471. The molecule has 0 aliphatic carbocycles. The summed E-state index contributed by atoms with van der Waals surface area (Å²) in [5.41, 5.74) is -3.43. The molecule has 0 heterocycles. The van der Waals surface area contributed by atoms with Crippen molar-refractivity contribution in [2.75, 3.05) is 25.1 Å². The first-order valence-electron chi connectivity index (χ1n) is 5.14. The normalized spacial score (nSPS) is 11.4. The molecule has 1 aromatic rings. The lowest BCUT2D eigenvalue weighted by molar-refractivity contribution is -0.384. The Kier molecular flexibility index (Phi) is 4.70. The predicted octanol–water partition coefficient (Wildman–Crippen LogP) is 0.000600. The molecule has 0 aliphatic rings. The van der Waals surface area contributed by atoms with Crippen molar-refractivity contribution in [3.63, 3.8) is 0 Å². The zero-order valence-corrected chi connectivity index (χ0v) is 9.64. The van der Waals surface area contributed by atoms with Gasteiger partial charge < -0.3 is 20.6 Å². The Balaban J connectivity index is 3.32. The Morgan fingerprint density at radius 1 is 1.21 bits per heavy atom. The van der Waals surface area contributed by atoms with E-state index in [0.29, 0.717) is 6.07 Å². The summed E-state index contributed by atoms with van der Waals surface area (Å²) in [7, 11) is 0. The van der Waals surface area contributed by atoms with Gasteiger partial charge in [0.2, 0.25) is 0 Å². The number of benzene rings is 1. The molecule has 0 bridgehead atoms. The highest BCUT2D eigenvalue weighted by atomic mass is 19.2. The summed E-state index contributed by atoms with van der Waals surface area (Å²) < 4.78 is 26.7. The molecule has 0 atom stereocenters. The summed E-state index contributed by atoms with van der Waals surface area (Å²) in [5, 5.41) is 40.0. The third-order valence-electron chi connectivity index (χ3n) is 2.57. The van der Waals surface area contributed by atoms with E-state index in [0.717, 1.165) is 6.07 Å². The summed E-state index contributed by atoms with van der Waals surface area (Å²) in [5.74, 6) is -2.87. The smallest absolute Gasteiger partial charge is 0.295 e. The lowest BCUT2D eigenvalue weighted by Crippen LogP contribution is -2.49. The molecular formula is C10H12F2N2O5. The lowest BCUT2D eigenvalue weighted by Gasteiger charge is -2.29. The van der Waals surface area contributed by atoms with Crippen molar-refractivity contribution in [3.8, 4) is 0 Å². The summed E-state index contributed by atoms with van der Waals surface area (Å²) in [4.78, 5) is 9.77. The highest BCUT2D eigenvalue weighted by Crippen LogP contribution is 2.31. The molecule has 0 unspecified atom stereocenters. The number of aliphatic hydroxyl groups is 3. The minimum Gasteiger partial charge on any atom is -0.394 e. The van der Waals surface area contributed by atoms with Gasteiger partial charge >= 0.3 is 0 Å². The summed E-state index contributed by atoms with van der Waals surface area (Å²) in [6, 6.07) is 1.31. The van der Waals surface area contributed by atoms with Crippen molar-refractivity contribution in [1.82, 2.24) is 0 Å². The van der Waals surface area contributed by atoms with E-state index in [9.17, 15) is 18.9 Å². The highest BCUT2D eigenvalue weighted by molar-refractivity contribution is 5.64. The Hall–Kier alpha value is -1.84. The van der Waals surface area contributed by atoms with E-state index >= 15 is 0 Å². The maximum atomic E-state index is 13.6. The largest absolute Gasteiger partial charge is 0.394 e. The fourth-order valence-electron chi connectivity index (χ4n) is 1.35. The number of nitrogens with one attached hydrogen (secondary N) is 1. The van der Waals surface area contributed by atoms with Gasteiger partial charge in [0.05, 0.1) is 24.7 Å². The Labute approximate surface area is 106 Å². The molecule has 0 radical (unpaired) electrons. The van der Waals surface area contributed by atoms with Crippen molar-refractivity contribution in [2.24, 2.45) is 0 Å². The van der Waals surface area contributed by atoms with Crippen molar-refractivity contribution >= 4 is 11.4 Å². The highest BCUT2D eigenvalue weighted by Gasteiger charge is 2.33. The van der Waals surface area contributed by atoms with Crippen LogP contribution in [0.3, 0.4) is 0 Å². The number of hydrogen-bond acceptors (Lipinski definition) is 6. The molecule has 0 fully saturated rings. The average Bonchev–Trinajstić information content (AvgIpc) is 2.40. The van der Waals surface area contributed by atoms with E-state index in [1.165, 1.54) is 0 Å². The number of nitro benzene ring substituents is 1. The molecular weight excluding hydrogens is 266 g/mol. The molecule has 0 aliphatic heterocycles. The van der Waals surface area contributed by atoms with Crippen LogP contribution in [-0.2, 0) is 0 Å². The van der Waals surface area contributed by atoms with Crippen molar-refractivity contribution < 1.29 is 29.0 Å². The maximum Gasteiger partial charge on any atom is 0.295 e. The van der Waals surface area contributed by atoms with Gasteiger partial charge in [-0.15, -0.1) is 0 Å². The molecule has 19 heavy (non-hydrogen) atoms. The van der Waals surface area contributed by atoms with Crippen molar-refractivity contribution in [3.05, 3.63) is 33.9 Å². The zero-order valence-electron chi connectivity index (χ0n) is 9.64. The van der Waals surface area contributed by atoms with Gasteiger partial charge in [0.25, 0.3) is 5.69 Å². The average molecular weight is 278 g/mol. The van der Waals surface area contributed by atoms with Gasteiger partial charge in [0.15, 0.2) is 17.3 Å². The minimum absolute atomic E-state index is 0.581. The van der Waals surface area contributed by atoms with Crippen LogP contribution in [0.2, 0.25) is 0 Å². The van der Waals surface area contributed by atoms with Gasteiger partial charge in [0, 0.05) is 6.07 Å². The molecule has 0 saturated carbocycles. The van der Waals surface area contributed by atoms with E-state index in [4.69, 9.17) is 15.3 Å². The van der Waals surface area contributed by atoms with Crippen LogP contribution in [0.1, 0.15) is 0 Å². The van der Waals surface area contributed by atoms with Gasteiger partial charge in [0.1, 0.15) is 5.54 Å². The first-order chi connectivity index (χ1) is 8.90. The molecule has 7 nitrogen and oxygen atoms in total. The van der Waals surface area contributed by atoms with Crippen molar-refractivity contribution in [2.45, 2.75) is 5.54 Å². The predicted molar refractivity (Wildman–Crippen MR) is 60.6 cm³/mol. The number of anilines is 1.